The van der Waals surface area contributed by atoms with Gasteiger partial charge in [0.05, 0.1) is 12.5 Å². The van der Waals surface area contributed by atoms with Crippen molar-refractivity contribution in [1.82, 2.24) is 5.48 Å². The summed E-state index contributed by atoms with van der Waals surface area (Å²) in [5.41, 5.74) is 2.66. The molecular formula is C19H20ClF2NO3. The van der Waals surface area contributed by atoms with Gasteiger partial charge in [-0.2, -0.15) is 0 Å². The van der Waals surface area contributed by atoms with Gasteiger partial charge in [0.2, 0.25) is 5.91 Å². The topological polar surface area (TPSA) is 58.6 Å². The third-order valence-corrected chi connectivity index (χ3v) is 4.32. The predicted molar refractivity (Wildman–Crippen MR) is 94.2 cm³/mol. The van der Waals surface area contributed by atoms with Crippen LogP contribution in [0.25, 0.3) is 0 Å². The van der Waals surface area contributed by atoms with Gasteiger partial charge >= 0.3 is 0 Å². The number of nitrogens with one attached hydrogen (secondary N) is 1. The minimum atomic E-state index is -0.710. The molecule has 2 rings (SSSR count). The lowest BCUT2D eigenvalue weighted by molar-refractivity contribution is -0.132. The molecule has 0 aliphatic heterocycles. The molecule has 2 aromatic rings. The van der Waals surface area contributed by atoms with E-state index in [1.54, 1.807) is 36.7 Å². The van der Waals surface area contributed by atoms with Crippen LogP contribution in [0.2, 0.25) is 5.02 Å². The highest BCUT2D eigenvalue weighted by molar-refractivity contribution is 6.30. The number of carbonyl (C=O) groups excluding carboxylic acids is 1. The number of benzene rings is 2. The van der Waals surface area contributed by atoms with Crippen LogP contribution in [0.3, 0.4) is 0 Å². The Morgan fingerprint density at radius 1 is 1.23 bits per heavy atom. The van der Waals surface area contributed by atoms with Crippen molar-refractivity contribution in [2.24, 2.45) is 0 Å². The summed E-state index contributed by atoms with van der Waals surface area (Å²) >= 11 is 5.90. The van der Waals surface area contributed by atoms with Crippen LogP contribution >= 0.6 is 11.6 Å². The smallest absolute Gasteiger partial charge is 0.245 e. The molecule has 0 heterocycles. The van der Waals surface area contributed by atoms with Crippen molar-refractivity contribution in [3.05, 3.63) is 70.2 Å². The van der Waals surface area contributed by atoms with Gasteiger partial charge in [0, 0.05) is 23.6 Å². The van der Waals surface area contributed by atoms with E-state index in [-0.39, 0.29) is 12.0 Å². The maximum absolute atomic E-state index is 14.4. The summed E-state index contributed by atoms with van der Waals surface area (Å²) in [5, 5.41) is 9.39. The summed E-state index contributed by atoms with van der Waals surface area (Å²) in [6.45, 7) is 2.05. The van der Waals surface area contributed by atoms with Crippen molar-refractivity contribution in [1.29, 1.82) is 0 Å². The standard InChI is InChI=1S/C19H20ClF2NO3/c1-2-26-18(11-19(24)23-25)16(9-12-3-5-13(20)6-4-12)15-8-7-14(21)10-17(15)22/h3-8,10,16,18,25H,2,9,11H2,1H3,(H,23,24)/t16?,18-/m1/s1. The number of amides is 1. The molecule has 0 saturated heterocycles. The Kier molecular flexibility index (Phi) is 7.50. The molecule has 0 saturated carbocycles. The molecule has 1 unspecified atom stereocenters. The highest BCUT2D eigenvalue weighted by atomic mass is 35.5. The second-order valence-corrected chi connectivity index (χ2v) is 6.27. The molecule has 0 spiro atoms. The van der Waals surface area contributed by atoms with E-state index in [1.807, 2.05) is 0 Å². The van der Waals surface area contributed by atoms with E-state index >= 15 is 0 Å². The zero-order valence-electron chi connectivity index (χ0n) is 14.2. The molecular weight excluding hydrogens is 364 g/mol. The van der Waals surface area contributed by atoms with Crippen LogP contribution in [0, 0.1) is 11.6 Å². The number of carbonyl (C=O) groups is 1. The fraction of sp³-hybridized carbons (Fsp3) is 0.316. The lowest BCUT2D eigenvalue weighted by Gasteiger charge is -2.27. The number of ether oxygens (including phenoxy) is 1. The molecule has 2 atom stereocenters. The maximum Gasteiger partial charge on any atom is 0.245 e. The first-order valence-electron chi connectivity index (χ1n) is 8.18. The molecule has 7 heteroatoms. The van der Waals surface area contributed by atoms with Gasteiger partial charge in [-0.3, -0.25) is 10.0 Å². The molecule has 26 heavy (non-hydrogen) atoms. The second kappa shape index (κ2) is 9.62. The summed E-state index contributed by atoms with van der Waals surface area (Å²) in [6.07, 6.45) is -0.523. The predicted octanol–water partition coefficient (Wildman–Crippen LogP) is 4.25. The Morgan fingerprint density at radius 3 is 2.50 bits per heavy atom. The molecule has 0 bridgehead atoms. The van der Waals surface area contributed by atoms with Gasteiger partial charge < -0.3 is 4.74 Å². The highest BCUT2D eigenvalue weighted by Crippen LogP contribution is 2.31. The summed E-state index contributed by atoms with van der Waals surface area (Å²) in [6, 6.07) is 10.4. The zero-order chi connectivity index (χ0) is 19.1. The molecule has 4 nitrogen and oxygen atoms in total. The summed E-state index contributed by atoms with van der Waals surface area (Å²) in [4.78, 5) is 11.7. The average molecular weight is 384 g/mol. The molecule has 140 valence electrons. The monoisotopic (exact) mass is 383 g/mol. The van der Waals surface area contributed by atoms with Crippen LogP contribution in [-0.2, 0) is 16.0 Å². The fourth-order valence-electron chi connectivity index (χ4n) is 2.88. The minimum Gasteiger partial charge on any atom is -0.377 e. The van der Waals surface area contributed by atoms with Gasteiger partial charge in [0.25, 0.3) is 0 Å². The average Bonchev–Trinajstić information content (AvgIpc) is 2.61. The summed E-state index contributed by atoms with van der Waals surface area (Å²) in [5.74, 6) is -2.60. The number of hydroxylamine groups is 1. The van der Waals surface area contributed by atoms with Crippen molar-refractivity contribution in [3.8, 4) is 0 Å². The minimum absolute atomic E-state index is 0.167. The van der Waals surface area contributed by atoms with Gasteiger partial charge in [-0.25, -0.2) is 14.3 Å². The van der Waals surface area contributed by atoms with Crippen molar-refractivity contribution >= 4 is 17.5 Å². The van der Waals surface area contributed by atoms with E-state index in [9.17, 15) is 13.6 Å². The third kappa shape index (κ3) is 5.49. The van der Waals surface area contributed by atoms with Gasteiger partial charge in [-0.05, 0) is 42.7 Å². The molecule has 0 fully saturated rings. The molecule has 0 radical (unpaired) electrons. The van der Waals surface area contributed by atoms with Crippen LogP contribution in [0.1, 0.15) is 30.4 Å². The Morgan fingerprint density at radius 2 is 1.92 bits per heavy atom. The molecule has 2 N–H and O–H groups in total. The Balaban J connectivity index is 2.40. The quantitative estimate of drug-likeness (QED) is 0.529. The Bertz CT molecular complexity index is 740. The third-order valence-electron chi connectivity index (χ3n) is 4.07. The van der Waals surface area contributed by atoms with E-state index in [1.165, 1.54) is 12.1 Å². The van der Waals surface area contributed by atoms with Gasteiger partial charge in [-0.1, -0.05) is 29.8 Å². The van der Waals surface area contributed by atoms with Crippen molar-refractivity contribution in [2.45, 2.75) is 31.8 Å². The Labute approximate surface area is 155 Å². The van der Waals surface area contributed by atoms with E-state index in [2.05, 4.69) is 0 Å². The molecule has 0 aliphatic rings. The van der Waals surface area contributed by atoms with Crippen LogP contribution < -0.4 is 5.48 Å². The van der Waals surface area contributed by atoms with Gasteiger partial charge in [0.1, 0.15) is 11.6 Å². The number of hydrogen-bond acceptors (Lipinski definition) is 3. The van der Waals surface area contributed by atoms with E-state index < -0.39 is 29.6 Å². The van der Waals surface area contributed by atoms with Gasteiger partial charge in [-0.15, -0.1) is 0 Å². The summed E-state index contributed by atoms with van der Waals surface area (Å²) in [7, 11) is 0. The number of rotatable bonds is 8. The molecule has 1 amide bonds. The van der Waals surface area contributed by atoms with Crippen LogP contribution in [0.4, 0.5) is 8.78 Å². The second-order valence-electron chi connectivity index (χ2n) is 5.84. The first kappa shape index (κ1) is 20.3. The van der Waals surface area contributed by atoms with Crippen LogP contribution in [-0.4, -0.2) is 23.8 Å². The normalized spacial score (nSPS) is 13.3. The molecule has 2 aromatic carbocycles. The van der Waals surface area contributed by atoms with Crippen molar-refractivity contribution in [2.75, 3.05) is 6.61 Å². The van der Waals surface area contributed by atoms with E-state index in [0.29, 0.717) is 18.1 Å². The Hall–Kier alpha value is -2.02. The van der Waals surface area contributed by atoms with Crippen LogP contribution in [0.5, 0.6) is 0 Å². The van der Waals surface area contributed by atoms with Crippen molar-refractivity contribution in [3.63, 3.8) is 0 Å². The van der Waals surface area contributed by atoms with Crippen LogP contribution in [0.15, 0.2) is 42.5 Å². The SMILES string of the molecule is CCO[C@H](CC(=O)NO)C(Cc1ccc(Cl)cc1)c1ccc(F)cc1F. The lowest BCUT2D eigenvalue weighted by Crippen LogP contribution is -2.32. The van der Waals surface area contributed by atoms with E-state index in [0.717, 1.165) is 11.6 Å². The highest BCUT2D eigenvalue weighted by Gasteiger charge is 2.29. The molecule has 0 aliphatic carbocycles. The fourth-order valence-corrected chi connectivity index (χ4v) is 3.00. The van der Waals surface area contributed by atoms with E-state index in [4.69, 9.17) is 21.5 Å². The zero-order valence-corrected chi connectivity index (χ0v) is 15.0. The first-order chi connectivity index (χ1) is 12.4. The largest absolute Gasteiger partial charge is 0.377 e. The first-order valence-corrected chi connectivity index (χ1v) is 8.56. The van der Waals surface area contributed by atoms with Gasteiger partial charge in [0.15, 0.2) is 0 Å². The summed E-state index contributed by atoms with van der Waals surface area (Å²) < 4.78 is 33.4. The number of hydrogen-bond donors (Lipinski definition) is 2. The molecule has 0 aromatic heterocycles. The maximum atomic E-state index is 14.4. The number of halogens is 3. The van der Waals surface area contributed by atoms with Crippen molar-refractivity contribution < 1.29 is 23.5 Å². The lowest BCUT2D eigenvalue weighted by atomic mass is 9.85.